The highest BCUT2D eigenvalue weighted by atomic mass is 15.0. The number of hydrogen-bond acceptors (Lipinski definition) is 3. The molecule has 2 heterocycles. The monoisotopic (exact) mass is 635 g/mol. The standard InChI is InChI=1S/C45H25N5/c46-26-31-11-1-2-12-33(31)29-21-23-30(24-22-29)44-38(28-48)43(49-39-17-7-3-13-34(39)35-14-4-8-18-40(35)49)25-32(27-47)45(44)50-41-19-9-5-15-36(41)37-16-6-10-20-42(37)50/h1-25H. The second-order valence-corrected chi connectivity index (χ2v) is 12.2. The van der Waals surface area contributed by atoms with Gasteiger partial charge in [-0.25, -0.2) is 0 Å². The van der Waals surface area contributed by atoms with E-state index in [1.54, 1.807) is 0 Å². The molecule has 0 aliphatic carbocycles. The Balaban J connectivity index is 1.43. The van der Waals surface area contributed by atoms with Gasteiger partial charge in [0.1, 0.15) is 12.1 Å². The summed E-state index contributed by atoms with van der Waals surface area (Å²) in [6, 6.07) is 57.5. The van der Waals surface area contributed by atoms with Crippen LogP contribution in [0.5, 0.6) is 0 Å². The van der Waals surface area contributed by atoms with Crippen LogP contribution in [-0.2, 0) is 0 Å². The smallest absolute Gasteiger partial charge is 0.102 e. The predicted molar refractivity (Wildman–Crippen MR) is 200 cm³/mol. The number of aromatic nitrogens is 2. The van der Waals surface area contributed by atoms with Gasteiger partial charge in [0.05, 0.1) is 56.2 Å². The molecule has 0 N–H and O–H groups in total. The van der Waals surface area contributed by atoms with Crippen molar-refractivity contribution in [2.45, 2.75) is 0 Å². The van der Waals surface area contributed by atoms with Crippen molar-refractivity contribution in [1.29, 1.82) is 15.8 Å². The Morgan fingerprint density at radius 1 is 0.400 bits per heavy atom. The summed E-state index contributed by atoms with van der Waals surface area (Å²) in [6.07, 6.45) is 0. The van der Waals surface area contributed by atoms with Crippen LogP contribution in [0.25, 0.3) is 77.2 Å². The first-order valence-electron chi connectivity index (χ1n) is 16.3. The Hall–Kier alpha value is -7.39. The third-order valence-electron chi connectivity index (χ3n) is 9.67. The summed E-state index contributed by atoms with van der Waals surface area (Å²) in [5.74, 6) is 0. The quantitative estimate of drug-likeness (QED) is 0.193. The highest BCUT2D eigenvalue weighted by Gasteiger charge is 2.26. The van der Waals surface area contributed by atoms with Crippen LogP contribution in [0, 0.1) is 34.0 Å². The predicted octanol–water partition coefficient (Wildman–Crippen LogP) is 10.8. The van der Waals surface area contributed by atoms with Crippen molar-refractivity contribution < 1.29 is 0 Å². The van der Waals surface area contributed by atoms with Gasteiger partial charge in [-0.3, -0.25) is 0 Å². The van der Waals surface area contributed by atoms with Crippen molar-refractivity contribution in [2.75, 3.05) is 0 Å². The van der Waals surface area contributed by atoms with Crippen LogP contribution < -0.4 is 0 Å². The van der Waals surface area contributed by atoms with Gasteiger partial charge in [0.2, 0.25) is 0 Å². The molecule has 0 aliphatic rings. The van der Waals surface area contributed by atoms with Gasteiger partial charge in [0.15, 0.2) is 0 Å². The Bertz CT molecular complexity index is 2850. The molecule has 9 rings (SSSR count). The highest BCUT2D eigenvalue weighted by Crippen LogP contribution is 2.43. The zero-order valence-corrected chi connectivity index (χ0v) is 26.7. The van der Waals surface area contributed by atoms with E-state index in [0.29, 0.717) is 33.6 Å². The molecule has 2 aromatic heterocycles. The maximum Gasteiger partial charge on any atom is 0.102 e. The van der Waals surface area contributed by atoms with Crippen molar-refractivity contribution >= 4 is 43.6 Å². The summed E-state index contributed by atoms with van der Waals surface area (Å²) in [5, 5.41) is 36.3. The summed E-state index contributed by atoms with van der Waals surface area (Å²) < 4.78 is 4.24. The fraction of sp³-hybridized carbons (Fsp3) is 0. The lowest BCUT2D eigenvalue weighted by molar-refractivity contribution is 1.13. The summed E-state index contributed by atoms with van der Waals surface area (Å²) in [5.41, 5.74) is 9.74. The van der Waals surface area contributed by atoms with E-state index in [2.05, 4.69) is 75.9 Å². The van der Waals surface area contributed by atoms with Crippen molar-refractivity contribution in [3.63, 3.8) is 0 Å². The molecule has 0 unspecified atom stereocenters. The summed E-state index contributed by atoms with van der Waals surface area (Å²) in [6.45, 7) is 0. The molecule has 0 amide bonds. The lowest BCUT2D eigenvalue weighted by Crippen LogP contribution is -2.08. The van der Waals surface area contributed by atoms with E-state index in [0.717, 1.165) is 60.3 Å². The Morgan fingerprint density at radius 3 is 1.34 bits per heavy atom. The minimum absolute atomic E-state index is 0.446. The fourth-order valence-corrected chi connectivity index (χ4v) is 7.54. The topological polar surface area (TPSA) is 81.2 Å². The highest BCUT2D eigenvalue weighted by molar-refractivity contribution is 6.11. The Labute approximate surface area is 287 Å². The molecule has 50 heavy (non-hydrogen) atoms. The van der Waals surface area contributed by atoms with Gasteiger partial charge in [0, 0.05) is 27.1 Å². The van der Waals surface area contributed by atoms with Crippen LogP contribution >= 0.6 is 0 Å². The van der Waals surface area contributed by atoms with Crippen LogP contribution in [0.4, 0.5) is 0 Å². The van der Waals surface area contributed by atoms with Crippen molar-refractivity contribution in [2.24, 2.45) is 0 Å². The molecule has 0 atom stereocenters. The number of rotatable bonds is 4. The fourth-order valence-electron chi connectivity index (χ4n) is 7.54. The third-order valence-corrected chi connectivity index (χ3v) is 9.67. The minimum Gasteiger partial charge on any atom is -0.308 e. The molecule has 230 valence electrons. The van der Waals surface area contributed by atoms with Gasteiger partial charge in [0.25, 0.3) is 0 Å². The molecule has 0 saturated carbocycles. The number of fused-ring (bicyclic) bond motifs is 6. The van der Waals surface area contributed by atoms with E-state index in [-0.39, 0.29) is 0 Å². The maximum atomic E-state index is 11.2. The first-order chi connectivity index (χ1) is 24.7. The van der Waals surface area contributed by atoms with Crippen LogP contribution in [-0.4, -0.2) is 9.13 Å². The number of nitriles is 3. The van der Waals surface area contributed by atoms with E-state index in [9.17, 15) is 15.8 Å². The van der Waals surface area contributed by atoms with Crippen molar-refractivity contribution in [1.82, 2.24) is 9.13 Å². The number of hydrogen-bond donors (Lipinski definition) is 0. The van der Waals surface area contributed by atoms with Gasteiger partial charge >= 0.3 is 0 Å². The normalized spacial score (nSPS) is 11.1. The molecular weight excluding hydrogens is 611 g/mol. The lowest BCUT2D eigenvalue weighted by Gasteiger charge is -2.21. The number of para-hydroxylation sites is 4. The second-order valence-electron chi connectivity index (χ2n) is 12.2. The molecule has 0 aliphatic heterocycles. The van der Waals surface area contributed by atoms with E-state index < -0.39 is 0 Å². The molecule has 5 heteroatoms. The van der Waals surface area contributed by atoms with Crippen LogP contribution in [0.2, 0.25) is 0 Å². The number of nitrogens with zero attached hydrogens (tertiary/aromatic N) is 5. The Kier molecular flexibility index (Phi) is 6.56. The zero-order chi connectivity index (χ0) is 33.8. The molecular formula is C45H25N5. The lowest BCUT2D eigenvalue weighted by atomic mass is 9.91. The zero-order valence-electron chi connectivity index (χ0n) is 26.7. The summed E-state index contributed by atoms with van der Waals surface area (Å²) in [4.78, 5) is 0. The molecule has 0 fully saturated rings. The van der Waals surface area contributed by atoms with Crippen molar-refractivity contribution in [3.8, 4) is 51.8 Å². The SMILES string of the molecule is N#Cc1ccccc1-c1ccc(-c2c(C#N)c(-n3c4ccccc4c4ccccc43)cc(C#N)c2-n2c3ccccc3c3ccccc32)cc1. The first-order valence-corrected chi connectivity index (χ1v) is 16.3. The number of benzene rings is 7. The molecule has 5 nitrogen and oxygen atoms in total. The average Bonchev–Trinajstić information content (AvgIpc) is 3.70. The summed E-state index contributed by atoms with van der Waals surface area (Å²) in [7, 11) is 0. The minimum atomic E-state index is 0.446. The van der Waals surface area contributed by atoms with E-state index in [1.807, 2.05) is 103 Å². The largest absolute Gasteiger partial charge is 0.308 e. The molecule has 9 aromatic rings. The van der Waals surface area contributed by atoms with Crippen LogP contribution in [0.15, 0.2) is 152 Å². The van der Waals surface area contributed by atoms with E-state index >= 15 is 0 Å². The average molecular weight is 636 g/mol. The van der Waals surface area contributed by atoms with Gasteiger partial charge in [-0.1, -0.05) is 115 Å². The summed E-state index contributed by atoms with van der Waals surface area (Å²) >= 11 is 0. The van der Waals surface area contributed by atoms with Crippen molar-refractivity contribution in [3.05, 3.63) is 168 Å². The maximum absolute atomic E-state index is 11.2. The molecule has 0 radical (unpaired) electrons. The van der Waals surface area contributed by atoms with Gasteiger partial charge in [-0.15, -0.1) is 0 Å². The second kappa shape index (κ2) is 11.4. The Morgan fingerprint density at radius 2 is 0.840 bits per heavy atom. The third kappa shape index (κ3) is 4.17. The molecule has 0 spiro atoms. The van der Waals surface area contributed by atoms with Crippen LogP contribution in [0.3, 0.4) is 0 Å². The van der Waals surface area contributed by atoms with Gasteiger partial charge in [-0.2, -0.15) is 15.8 Å². The molecule has 7 aromatic carbocycles. The molecule has 0 bridgehead atoms. The van der Waals surface area contributed by atoms with Gasteiger partial charge < -0.3 is 9.13 Å². The van der Waals surface area contributed by atoms with Crippen LogP contribution in [0.1, 0.15) is 16.7 Å². The van der Waals surface area contributed by atoms with E-state index in [1.165, 1.54) is 0 Å². The van der Waals surface area contributed by atoms with Gasteiger partial charge in [-0.05, 0) is 53.1 Å². The first kappa shape index (κ1) is 28.8. The van der Waals surface area contributed by atoms with E-state index in [4.69, 9.17) is 0 Å². The molecule has 0 saturated heterocycles.